The molecule has 1 aromatic carbocycles. The van der Waals surface area contributed by atoms with E-state index in [1.165, 1.54) is 6.08 Å². The molecule has 3 rings (SSSR count). The Morgan fingerprint density at radius 3 is 2.62 bits per heavy atom. The fourth-order valence-corrected chi connectivity index (χ4v) is 2.42. The summed E-state index contributed by atoms with van der Waals surface area (Å²) in [5.74, 6) is 2.20. The molecule has 0 atom stereocenters. The van der Waals surface area contributed by atoms with Crippen molar-refractivity contribution in [2.24, 2.45) is 0 Å². The Morgan fingerprint density at radius 2 is 2.00 bits per heavy atom. The highest BCUT2D eigenvalue weighted by atomic mass is 16.5. The Labute approximate surface area is 152 Å². The Balaban J connectivity index is 1.60. The van der Waals surface area contributed by atoms with Gasteiger partial charge in [-0.15, -0.1) is 0 Å². The lowest BCUT2D eigenvalue weighted by atomic mass is 10.2. The van der Waals surface area contributed by atoms with E-state index in [-0.39, 0.29) is 5.91 Å². The van der Waals surface area contributed by atoms with Crippen molar-refractivity contribution in [3.8, 4) is 11.6 Å². The van der Waals surface area contributed by atoms with Crippen molar-refractivity contribution < 1.29 is 9.53 Å². The number of imidazole rings is 1. The molecular weight excluding hydrogens is 328 g/mol. The van der Waals surface area contributed by atoms with Crippen LogP contribution in [-0.4, -0.2) is 27.0 Å². The van der Waals surface area contributed by atoms with Crippen molar-refractivity contribution in [3.05, 3.63) is 72.5 Å². The van der Waals surface area contributed by atoms with E-state index in [2.05, 4.69) is 15.3 Å². The normalized spacial score (nSPS) is 10.8. The third kappa shape index (κ3) is 4.36. The Morgan fingerprint density at radius 1 is 1.19 bits per heavy atom. The van der Waals surface area contributed by atoms with Crippen LogP contribution in [-0.2, 0) is 4.79 Å². The molecule has 0 aliphatic rings. The first-order chi connectivity index (χ1) is 12.7. The van der Waals surface area contributed by atoms with Crippen molar-refractivity contribution in [1.82, 2.24) is 14.5 Å². The quantitative estimate of drug-likeness (QED) is 0.691. The third-order valence-corrected chi connectivity index (χ3v) is 3.71. The first kappa shape index (κ1) is 17.4. The summed E-state index contributed by atoms with van der Waals surface area (Å²) in [7, 11) is 0. The van der Waals surface area contributed by atoms with Gasteiger partial charge in [-0.25, -0.2) is 9.97 Å². The summed E-state index contributed by atoms with van der Waals surface area (Å²) in [6.45, 7) is 4.48. The molecule has 0 saturated carbocycles. The van der Waals surface area contributed by atoms with Crippen LogP contribution in [0.15, 0.2) is 61.1 Å². The molecule has 0 spiro atoms. The highest BCUT2D eigenvalue weighted by molar-refractivity contribution is 6.01. The zero-order valence-corrected chi connectivity index (χ0v) is 14.7. The number of pyridine rings is 1. The first-order valence-electron chi connectivity index (χ1n) is 8.34. The minimum absolute atomic E-state index is 0.216. The van der Waals surface area contributed by atoms with Gasteiger partial charge in [0.15, 0.2) is 0 Å². The lowest BCUT2D eigenvalue weighted by Crippen LogP contribution is -2.08. The van der Waals surface area contributed by atoms with Crippen molar-refractivity contribution in [2.75, 3.05) is 11.9 Å². The second-order valence-corrected chi connectivity index (χ2v) is 5.57. The van der Waals surface area contributed by atoms with Crippen LogP contribution in [0.4, 0.5) is 5.69 Å². The number of carbonyl (C=O) groups excluding carboxylic acids is 1. The molecule has 3 aromatic rings. The van der Waals surface area contributed by atoms with Gasteiger partial charge in [-0.1, -0.05) is 12.1 Å². The van der Waals surface area contributed by atoms with E-state index in [4.69, 9.17) is 4.74 Å². The van der Waals surface area contributed by atoms with Gasteiger partial charge < -0.3 is 10.1 Å². The van der Waals surface area contributed by atoms with Crippen LogP contribution in [0, 0.1) is 6.92 Å². The SMILES string of the molecule is CCOc1ccc(C=CC(=O)Nc2ccc(-n3ccnc3C)nc2)cc1. The van der Waals surface area contributed by atoms with Crippen LogP contribution in [0.5, 0.6) is 5.75 Å². The van der Waals surface area contributed by atoms with E-state index in [9.17, 15) is 4.79 Å². The summed E-state index contributed by atoms with van der Waals surface area (Å²) >= 11 is 0. The summed E-state index contributed by atoms with van der Waals surface area (Å²) in [5, 5.41) is 2.79. The highest BCUT2D eigenvalue weighted by Gasteiger charge is 2.03. The molecule has 6 heteroatoms. The molecule has 2 heterocycles. The lowest BCUT2D eigenvalue weighted by Gasteiger charge is -2.06. The minimum Gasteiger partial charge on any atom is -0.494 e. The maximum absolute atomic E-state index is 12.1. The second-order valence-electron chi connectivity index (χ2n) is 5.57. The molecule has 6 nitrogen and oxygen atoms in total. The molecule has 2 aromatic heterocycles. The fraction of sp³-hybridized carbons (Fsp3) is 0.150. The summed E-state index contributed by atoms with van der Waals surface area (Å²) in [6, 6.07) is 11.2. The fourth-order valence-electron chi connectivity index (χ4n) is 2.42. The molecule has 0 radical (unpaired) electrons. The third-order valence-electron chi connectivity index (χ3n) is 3.71. The van der Waals surface area contributed by atoms with E-state index >= 15 is 0 Å². The molecule has 0 aliphatic heterocycles. The number of hydrogen-bond acceptors (Lipinski definition) is 4. The molecule has 0 saturated heterocycles. The largest absolute Gasteiger partial charge is 0.494 e. The van der Waals surface area contributed by atoms with Gasteiger partial charge in [0.1, 0.15) is 17.4 Å². The average Bonchev–Trinajstić information content (AvgIpc) is 3.08. The van der Waals surface area contributed by atoms with Gasteiger partial charge in [-0.3, -0.25) is 9.36 Å². The van der Waals surface area contributed by atoms with Gasteiger partial charge >= 0.3 is 0 Å². The number of rotatable bonds is 6. The molecule has 0 aliphatic carbocycles. The van der Waals surface area contributed by atoms with E-state index in [1.807, 2.05) is 61.0 Å². The number of carbonyl (C=O) groups is 1. The summed E-state index contributed by atoms with van der Waals surface area (Å²) in [5.41, 5.74) is 1.56. The monoisotopic (exact) mass is 348 g/mol. The van der Waals surface area contributed by atoms with E-state index in [0.717, 1.165) is 23.0 Å². The van der Waals surface area contributed by atoms with Gasteiger partial charge in [0, 0.05) is 18.5 Å². The zero-order chi connectivity index (χ0) is 18.4. The minimum atomic E-state index is -0.216. The van der Waals surface area contributed by atoms with Crippen LogP contribution in [0.3, 0.4) is 0 Å². The van der Waals surface area contributed by atoms with Crippen LogP contribution < -0.4 is 10.1 Å². The molecule has 0 bridgehead atoms. The van der Waals surface area contributed by atoms with E-state index < -0.39 is 0 Å². The van der Waals surface area contributed by atoms with Crippen molar-refractivity contribution in [3.63, 3.8) is 0 Å². The number of ether oxygens (including phenoxy) is 1. The number of aryl methyl sites for hydroxylation is 1. The predicted molar refractivity (Wildman–Crippen MR) is 101 cm³/mol. The smallest absolute Gasteiger partial charge is 0.248 e. The summed E-state index contributed by atoms with van der Waals surface area (Å²) in [6.07, 6.45) is 8.43. The standard InChI is InChI=1S/C20H20N4O2/c1-3-26-18-8-4-16(5-9-18)6-11-20(25)23-17-7-10-19(22-14-17)24-13-12-21-15(24)2/h4-14H,3H2,1-2H3,(H,23,25). The van der Waals surface area contributed by atoms with Crippen LogP contribution >= 0.6 is 0 Å². The highest BCUT2D eigenvalue weighted by Crippen LogP contribution is 2.14. The number of aromatic nitrogens is 3. The Bertz CT molecular complexity index is 896. The van der Waals surface area contributed by atoms with Crippen LogP contribution in [0.2, 0.25) is 0 Å². The lowest BCUT2D eigenvalue weighted by molar-refractivity contribution is -0.111. The van der Waals surface area contributed by atoms with Crippen molar-refractivity contribution >= 4 is 17.7 Å². The van der Waals surface area contributed by atoms with E-state index in [1.54, 1.807) is 18.5 Å². The van der Waals surface area contributed by atoms with Gasteiger partial charge in [0.2, 0.25) is 5.91 Å². The number of nitrogens with one attached hydrogen (secondary N) is 1. The van der Waals surface area contributed by atoms with Crippen molar-refractivity contribution in [2.45, 2.75) is 13.8 Å². The molecular formula is C20H20N4O2. The molecule has 26 heavy (non-hydrogen) atoms. The molecule has 1 N–H and O–H groups in total. The van der Waals surface area contributed by atoms with Crippen LogP contribution in [0.25, 0.3) is 11.9 Å². The van der Waals surface area contributed by atoms with Crippen molar-refractivity contribution in [1.29, 1.82) is 0 Å². The average molecular weight is 348 g/mol. The van der Waals surface area contributed by atoms with E-state index in [0.29, 0.717) is 12.3 Å². The molecule has 0 fully saturated rings. The zero-order valence-electron chi connectivity index (χ0n) is 14.7. The predicted octanol–water partition coefficient (Wildman–Crippen LogP) is 3.63. The summed E-state index contributed by atoms with van der Waals surface area (Å²) < 4.78 is 7.27. The Kier molecular flexibility index (Phi) is 5.43. The van der Waals surface area contributed by atoms with Gasteiger partial charge in [0.25, 0.3) is 0 Å². The number of benzene rings is 1. The summed E-state index contributed by atoms with van der Waals surface area (Å²) in [4.78, 5) is 20.6. The molecule has 0 unspecified atom stereocenters. The number of amides is 1. The maximum Gasteiger partial charge on any atom is 0.248 e. The molecule has 132 valence electrons. The van der Waals surface area contributed by atoms with Crippen LogP contribution in [0.1, 0.15) is 18.3 Å². The topological polar surface area (TPSA) is 69.0 Å². The maximum atomic E-state index is 12.1. The number of hydrogen-bond donors (Lipinski definition) is 1. The first-order valence-corrected chi connectivity index (χ1v) is 8.34. The van der Waals surface area contributed by atoms with Gasteiger partial charge in [-0.2, -0.15) is 0 Å². The van der Waals surface area contributed by atoms with Gasteiger partial charge in [0.05, 0.1) is 18.5 Å². The number of nitrogens with zero attached hydrogens (tertiary/aromatic N) is 3. The molecule has 1 amide bonds. The Hall–Kier alpha value is -3.41. The van der Waals surface area contributed by atoms with Gasteiger partial charge in [-0.05, 0) is 49.8 Å². The second kappa shape index (κ2) is 8.11. The number of anilines is 1.